The third-order valence-electron chi connectivity index (χ3n) is 4.76. The maximum atomic E-state index is 12.4. The van der Waals surface area contributed by atoms with Gasteiger partial charge in [0.25, 0.3) is 10.0 Å². The first-order valence-corrected chi connectivity index (χ1v) is 10.4. The predicted octanol–water partition coefficient (Wildman–Crippen LogP) is -0.477. The molecule has 2 heterocycles. The highest BCUT2D eigenvalue weighted by Gasteiger charge is 2.35. The maximum Gasteiger partial charge on any atom is 0.259 e. The number of hydrogen-bond acceptors (Lipinski definition) is 6. The Bertz CT molecular complexity index is 731. The number of aliphatic hydroxyl groups is 1. The second-order valence-electron chi connectivity index (χ2n) is 7.11. The van der Waals surface area contributed by atoms with Crippen LogP contribution in [0.5, 0.6) is 0 Å². The Morgan fingerprint density at radius 3 is 2.77 bits per heavy atom. The van der Waals surface area contributed by atoms with Crippen molar-refractivity contribution in [2.75, 3.05) is 13.2 Å². The van der Waals surface area contributed by atoms with E-state index in [9.17, 15) is 18.3 Å². The van der Waals surface area contributed by atoms with Crippen molar-refractivity contribution in [2.45, 2.75) is 55.4 Å². The molecule has 0 bridgehead atoms. The molecule has 1 aliphatic heterocycles. The van der Waals surface area contributed by atoms with Crippen LogP contribution >= 0.6 is 0 Å². The summed E-state index contributed by atoms with van der Waals surface area (Å²) in [6, 6.07) is -0.558. The van der Waals surface area contributed by atoms with E-state index in [1.807, 2.05) is 0 Å². The van der Waals surface area contributed by atoms with Crippen molar-refractivity contribution >= 4 is 15.9 Å². The summed E-state index contributed by atoms with van der Waals surface area (Å²) in [7, 11) is -2.10. The molecule has 1 aromatic rings. The molecule has 10 heteroatoms. The normalized spacial score (nSPS) is 26.6. The standard InChI is InChI=1S/C16H26N4O5S/c1-20-8-16(18-10-20)26(23,24)19-13-5-4-12(25-14(13)9-21)6-15(22)17-7-11-2-3-11/h8,10-14,19,21H,2-7,9H2,1H3,(H,17,22)/t12-,13-,14+/m0/s1. The Morgan fingerprint density at radius 1 is 1.38 bits per heavy atom. The van der Waals surface area contributed by atoms with Crippen molar-refractivity contribution in [3.63, 3.8) is 0 Å². The summed E-state index contributed by atoms with van der Waals surface area (Å²) in [6.45, 7) is 0.386. The Kier molecular flexibility index (Phi) is 5.96. The van der Waals surface area contributed by atoms with Crippen LogP contribution in [-0.4, -0.2) is 60.4 Å². The third kappa shape index (κ3) is 5.03. The second-order valence-corrected chi connectivity index (χ2v) is 8.77. The van der Waals surface area contributed by atoms with Gasteiger partial charge in [0.1, 0.15) is 0 Å². The number of aromatic nitrogens is 2. The third-order valence-corrected chi connectivity index (χ3v) is 6.13. The van der Waals surface area contributed by atoms with E-state index in [4.69, 9.17) is 4.74 Å². The highest BCUT2D eigenvalue weighted by atomic mass is 32.2. The summed E-state index contributed by atoms with van der Waals surface area (Å²) in [5.74, 6) is 0.549. The van der Waals surface area contributed by atoms with E-state index >= 15 is 0 Å². The van der Waals surface area contributed by atoms with Gasteiger partial charge in [0, 0.05) is 19.8 Å². The van der Waals surface area contributed by atoms with Crippen molar-refractivity contribution < 1.29 is 23.1 Å². The predicted molar refractivity (Wildman–Crippen MR) is 92.6 cm³/mol. The van der Waals surface area contributed by atoms with Crippen LogP contribution in [0, 0.1) is 5.92 Å². The minimum Gasteiger partial charge on any atom is -0.394 e. The van der Waals surface area contributed by atoms with Crippen molar-refractivity contribution in [2.24, 2.45) is 13.0 Å². The number of ether oxygens (including phenoxy) is 1. The molecule has 0 spiro atoms. The molecule has 1 saturated carbocycles. The quantitative estimate of drug-likeness (QED) is 0.555. The molecule has 26 heavy (non-hydrogen) atoms. The first-order valence-electron chi connectivity index (χ1n) is 8.90. The van der Waals surface area contributed by atoms with Crippen LogP contribution in [0.15, 0.2) is 17.6 Å². The number of carbonyl (C=O) groups excluding carboxylic acids is 1. The molecular weight excluding hydrogens is 360 g/mol. The molecule has 0 aromatic carbocycles. The number of carbonyl (C=O) groups is 1. The van der Waals surface area contributed by atoms with Gasteiger partial charge in [0.15, 0.2) is 5.03 Å². The van der Waals surface area contributed by atoms with E-state index < -0.39 is 22.2 Å². The van der Waals surface area contributed by atoms with Crippen molar-refractivity contribution in [1.82, 2.24) is 19.6 Å². The van der Waals surface area contributed by atoms with Crippen LogP contribution < -0.4 is 10.0 Å². The van der Waals surface area contributed by atoms with Gasteiger partial charge in [0.05, 0.1) is 37.6 Å². The first-order chi connectivity index (χ1) is 12.4. The van der Waals surface area contributed by atoms with Gasteiger partial charge >= 0.3 is 0 Å². The van der Waals surface area contributed by atoms with Crippen LogP contribution in [-0.2, 0) is 26.6 Å². The highest BCUT2D eigenvalue weighted by Crippen LogP contribution is 2.28. The molecule has 1 amide bonds. The fraction of sp³-hybridized carbons (Fsp3) is 0.750. The van der Waals surface area contributed by atoms with Gasteiger partial charge in [-0.3, -0.25) is 4.79 Å². The number of hydrogen-bond donors (Lipinski definition) is 3. The Balaban J connectivity index is 1.53. The van der Waals surface area contributed by atoms with E-state index in [1.54, 1.807) is 11.6 Å². The number of rotatable bonds is 8. The Hall–Kier alpha value is -1.49. The van der Waals surface area contributed by atoms with E-state index in [0.717, 1.165) is 0 Å². The summed E-state index contributed by atoms with van der Waals surface area (Å²) in [5, 5.41) is 12.4. The number of imidazole rings is 1. The number of sulfonamides is 1. The van der Waals surface area contributed by atoms with Gasteiger partial charge < -0.3 is 19.7 Å². The summed E-state index contributed by atoms with van der Waals surface area (Å²) < 4.78 is 34.7. The van der Waals surface area contributed by atoms with Crippen molar-refractivity contribution in [1.29, 1.82) is 0 Å². The first kappa shape index (κ1) is 19.3. The summed E-state index contributed by atoms with van der Waals surface area (Å²) >= 11 is 0. The molecule has 2 fully saturated rings. The van der Waals surface area contributed by atoms with E-state index in [2.05, 4.69) is 15.0 Å². The molecule has 1 aromatic heterocycles. The number of amides is 1. The summed E-state index contributed by atoms with van der Waals surface area (Å²) in [6.07, 6.45) is 5.41. The molecule has 9 nitrogen and oxygen atoms in total. The van der Waals surface area contributed by atoms with E-state index in [1.165, 1.54) is 25.4 Å². The van der Waals surface area contributed by atoms with Gasteiger partial charge in [-0.25, -0.2) is 18.1 Å². The van der Waals surface area contributed by atoms with Crippen LogP contribution in [0.25, 0.3) is 0 Å². The average molecular weight is 386 g/mol. The van der Waals surface area contributed by atoms with Gasteiger partial charge in [-0.1, -0.05) is 0 Å². The molecule has 3 atom stereocenters. The molecule has 1 aliphatic carbocycles. The maximum absolute atomic E-state index is 12.4. The van der Waals surface area contributed by atoms with E-state index in [0.29, 0.717) is 25.3 Å². The Morgan fingerprint density at radius 2 is 2.15 bits per heavy atom. The van der Waals surface area contributed by atoms with Gasteiger partial charge in [-0.15, -0.1) is 0 Å². The van der Waals surface area contributed by atoms with Crippen molar-refractivity contribution in [3.05, 3.63) is 12.5 Å². The highest BCUT2D eigenvalue weighted by molar-refractivity contribution is 7.89. The topological polar surface area (TPSA) is 123 Å². The Labute approximate surface area is 153 Å². The van der Waals surface area contributed by atoms with Crippen molar-refractivity contribution in [3.8, 4) is 0 Å². The molecule has 2 aliphatic rings. The summed E-state index contributed by atoms with van der Waals surface area (Å²) in [4.78, 5) is 15.8. The molecule has 0 unspecified atom stereocenters. The lowest BCUT2D eigenvalue weighted by atomic mass is 9.98. The fourth-order valence-corrected chi connectivity index (χ4v) is 4.34. The number of aliphatic hydroxyl groups excluding tert-OH is 1. The van der Waals surface area contributed by atoms with Gasteiger partial charge in [0.2, 0.25) is 5.91 Å². The van der Waals surface area contributed by atoms with E-state index in [-0.39, 0.29) is 30.1 Å². The lowest BCUT2D eigenvalue weighted by molar-refractivity contribution is -0.130. The largest absolute Gasteiger partial charge is 0.394 e. The molecule has 3 N–H and O–H groups in total. The van der Waals surface area contributed by atoms with Gasteiger partial charge in [-0.2, -0.15) is 0 Å². The zero-order chi connectivity index (χ0) is 18.7. The fourth-order valence-electron chi connectivity index (χ4n) is 3.06. The zero-order valence-corrected chi connectivity index (χ0v) is 15.6. The molecule has 1 saturated heterocycles. The minimum atomic E-state index is -3.79. The second kappa shape index (κ2) is 8.03. The molecular formula is C16H26N4O5S. The SMILES string of the molecule is Cn1cnc(S(=O)(=O)N[C@H]2CC[C@@H](CC(=O)NCC3CC3)O[C@@H]2CO)c1. The molecule has 146 valence electrons. The monoisotopic (exact) mass is 386 g/mol. The minimum absolute atomic E-state index is 0.0638. The number of nitrogens with zero attached hydrogens (tertiary/aromatic N) is 2. The lowest BCUT2D eigenvalue weighted by Crippen LogP contribution is -2.51. The molecule has 0 radical (unpaired) electrons. The van der Waals surface area contributed by atoms with Gasteiger partial charge in [-0.05, 0) is 31.6 Å². The van der Waals surface area contributed by atoms with Crippen LogP contribution in [0.1, 0.15) is 32.1 Å². The summed E-state index contributed by atoms with van der Waals surface area (Å²) in [5.41, 5.74) is 0. The van der Waals surface area contributed by atoms with Crippen LogP contribution in [0.3, 0.4) is 0 Å². The average Bonchev–Trinajstić information content (AvgIpc) is 3.32. The smallest absolute Gasteiger partial charge is 0.259 e. The lowest BCUT2D eigenvalue weighted by Gasteiger charge is -2.35. The van der Waals surface area contributed by atoms with Crippen LogP contribution in [0.2, 0.25) is 0 Å². The number of nitrogens with one attached hydrogen (secondary N) is 2. The number of aryl methyl sites for hydroxylation is 1. The van der Waals surface area contributed by atoms with Crippen LogP contribution in [0.4, 0.5) is 0 Å². The zero-order valence-electron chi connectivity index (χ0n) is 14.8. The molecule has 3 rings (SSSR count).